The Hall–Kier alpha value is -0.820. The Labute approximate surface area is 118 Å². The minimum absolute atomic E-state index is 0.676. The summed E-state index contributed by atoms with van der Waals surface area (Å²) in [6.07, 6.45) is 3.74. The first-order valence-corrected chi connectivity index (χ1v) is 7.88. The molecule has 0 radical (unpaired) electrons. The average Bonchev–Trinajstić information content (AvgIpc) is 2.38. The van der Waals surface area contributed by atoms with Crippen LogP contribution in [0.2, 0.25) is 0 Å². The maximum absolute atomic E-state index is 3.83. The molecule has 0 heterocycles. The summed E-state index contributed by atoms with van der Waals surface area (Å²) in [7, 11) is 0. The molecule has 1 unspecified atom stereocenters. The van der Waals surface area contributed by atoms with Gasteiger partial charge in [-0.25, -0.2) is 0 Å². The van der Waals surface area contributed by atoms with E-state index in [-0.39, 0.29) is 0 Å². The number of hydrogen-bond donors (Lipinski definition) is 1. The molecule has 1 aromatic rings. The second-order valence-electron chi connectivity index (χ2n) is 6.77. The van der Waals surface area contributed by atoms with Gasteiger partial charge in [-0.1, -0.05) is 52.0 Å². The van der Waals surface area contributed by atoms with Crippen LogP contribution in [-0.4, -0.2) is 12.6 Å². The van der Waals surface area contributed by atoms with Crippen LogP contribution in [0.15, 0.2) is 24.3 Å². The lowest BCUT2D eigenvalue weighted by Crippen LogP contribution is -2.39. The van der Waals surface area contributed by atoms with E-state index in [1.807, 2.05) is 0 Å². The second-order valence-corrected chi connectivity index (χ2v) is 6.77. The molecule has 1 atom stereocenters. The van der Waals surface area contributed by atoms with E-state index in [2.05, 4.69) is 57.3 Å². The predicted octanol–water partition coefficient (Wildman–Crippen LogP) is 4.06. The van der Waals surface area contributed by atoms with Gasteiger partial charge in [0.25, 0.3) is 0 Å². The van der Waals surface area contributed by atoms with E-state index in [0.29, 0.717) is 6.04 Å². The summed E-state index contributed by atoms with van der Waals surface area (Å²) in [6, 6.07) is 9.60. The maximum Gasteiger partial charge on any atom is 0.0111 e. The summed E-state index contributed by atoms with van der Waals surface area (Å²) in [6.45, 7) is 10.6. The van der Waals surface area contributed by atoms with Crippen LogP contribution in [0, 0.1) is 17.8 Å². The molecule has 19 heavy (non-hydrogen) atoms. The minimum Gasteiger partial charge on any atom is -0.313 e. The van der Waals surface area contributed by atoms with E-state index < -0.39 is 0 Å². The van der Waals surface area contributed by atoms with E-state index in [4.69, 9.17) is 0 Å². The summed E-state index contributed by atoms with van der Waals surface area (Å²) >= 11 is 0. The van der Waals surface area contributed by atoms with Gasteiger partial charge in [0.2, 0.25) is 0 Å². The van der Waals surface area contributed by atoms with Gasteiger partial charge < -0.3 is 5.32 Å². The topological polar surface area (TPSA) is 12.0 Å². The standard InChI is InChI=1S/C18H29N/c1-13(2)18(14(3)4)12-19-17-10-9-15-7-5-6-8-16(15)11-17/h5-8,13-14,17-19H,9-12H2,1-4H3. The summed E-state index contributed by atoms with van der Waals surface area (Å²) < 4.78 is 0. The van der Waals surface area contributed by atoms with Gasteiger partial charge in [-0.3, -0.25) is 0 Å². The first-order chi connectivity index (χ1) is 9.08. The maximum atomic E-state index is 3.83. The van der Waals surface area contributed by atoms with E-state index in [9.17, 15) is 0 Å². The van der Waals surface area contributed by atoms with Crippen molar-refractivity contribution >= 4 is 0 Å². The fraction of sp³-hybridized carbons (Fsp3) is 0.667. The number of hydrogen-bond acceptors (Lipinski definition) is 1. The molecule has 1 aromatic carbocycles. The van der Waals surface area contributed by atoms with Crippen molar-refractivity contribution in [3.05, 3.63) is 35.4 Å². The van der Waals surface area contributed by atoms with Crippen molar-refractivity contribution in [2.24, 2.45) is 17.8 Å². The molecule has 0 bridgehead atoms. The van der Waals surface area contributed by atoms with Crippen LogP contribution in [0.25, 0.3) is 0 Å². The quantitative estimate of drug-likeness (QED) is 0.841. The van der Waals surface area contributed by atoms with Crippen molar-refractivity contribution in [3.63, 3.8) is 0 Å². The van der Waals surface area contributed by atoms with Crippen LogP contribution in [0.3, 0.4) is 0 Å². The number of benzene rings is 1. The fourth-order valence-electron chi connectivity index (χ4n) is 3.42. The van der Waals surface area contributed by atoms with Crippen LogP contribution in [0.1, 0.15) is 45.2 Å². The first kappa shape index (κ1) is 14.6. The highest BCUT2D eigenvalue weighted by Gasteiger charge is 2.21. The highest BCUT2D eigenvalue weighted by Crippen LogP contribution is 2.23. The Morgan fingerprint density at radius 1 is 1.05 bits per heavy atom. The Bertz CT molecular complexity index is 386. The van der Waals surface area contributed by atoms with Gasteiger partial charge in [0, 0.05) is 6.04 Å². The molecule has 1 heteroatoms. The zero-order valence-electron chi connectivity index (χ0n) is 12.9. The molecule has 1 nitrogen and oxygen atoms in total. The largest absolute Gasteiger partial charge is 0.313 e. The third kappa shape index (κ3) is 3.82. The second kappa shape index (κ2) is 6.56. The third-order valence-electron chi connectivity index (χ3n) is 4.70. The van der Waals surface area contributed by atoms with Gasteiger partial charge in [-0.2, -0.15) is 0 Å². The summed E-state index contributed by atoms with van der Waals surface area (Å²) in [5.74, 6) is 2.32. The van der Waals surface area contributed by atoms with E-state index >= 15 is 0 Å². The summed E-state index contributed by atoms with van der Waals surface area (Å²) in [5.41, 5.74) is 3.11. The Morgan fingerprint density at radius 2 is 1.68 bits per heavy atom. The zero-order chi connectivity index (χ0) is 13.8. The average molecular weight is 259 g/mol. The SMILES string of the molecule is CC(C)C(CNC1CCc2ccccc2C1)C(C)C. The molecule has 2 rings (SSSR count). The third-order valence-corrected chi connectivity index (χ3v) is 4.70. The lowest BCUT2D eigenvalue weighted by molar-refractivity contribution is 0.261. The molecule has 1 aliphatic carbocycles. The number of aryl methyl sites for hydroxylation is 1. The summed E-state index contributed by atoms with van der Waals surface area (Å²) in [5, 5.41) is 3.83. The molecule has 0 spiro atoms. The van der Waals surface area contributed by atoms with Crippen molar-refractivity contribution in [2.45, 2.75) is 53.0 Å². The van der Waals surface area contributed by atoms with Crippen LogP contribution in [0.5, 0.6) is 0 Å². The van der Waals surface area contributed by atoms with E-state index in [1.165, 1.54) is 25.8 Å². The summed E-state index contributed by atoms with van der Waals surface area (Å²) in [4.78, 5) is 0. The molecule has 1 aliphatic rings. The molecule has 1 N–H and O–H groups in total. The van der Waals surface area contributed by atoms with Gasteiger partial charge in [-0.05, 0) is 54.7 Å². The smallest absolute Gasteiger partial charge is 0.0111 e. The normalized spacial score (nSPS) is 19.2. The van der Waals surface area contributed by atoms with Gasteiger partial charge in [-0.15, -0.1) is 0 Å². The van der Waals surface area contributed by atoms with Gasteiger partial charge in [0.15, 0.2) is 0 Å². The van der Waals surface area contributed by atoms with Crippen LogP contribution in [-0.2, 0) is 12.8 Å². The Kier molecular flexibility index (Phi) is 5.04. The monoisotopic (exact) mass is 259 g/mol. The van der Waals surface area contributed by atoms with Crippen molar-refractivity contribution in [1.82, 2.24) is 5.32 Å². The zero-order valence-corrected chi connectivity index (χ0v) is 12.9. The van der Waals surface area contributed by atoms with Crippen molar-refractivity contribution < 1.29 is 0 Å². The lowest BCUT2D eigenvalue weighted by Gasteiger charge is -2.30. The number of fused-ring (bicyclic) bond motifs is 1. The fourth-order valence-corrected chi connectivity index (χ4v) is 3.42. The van der Waals surface area contributed by atoms with Crippen molar-refractivity contribution in [1.29, 1.82) is 0 Å². The van der Waals surface area contributed by atoms with Gasteiger partial charge >= 0.3 is 0 Å². The van der Waals surface area contributed by atoms with Gasteiger partial charge in [0.1, 0.15) is 0 Å². The van der Waals surface area contributed by atoms with Crippen LogP contribution < -0.4 is 5.32 Å². The number of rotatable bonds is 5. The number of nitrogens with one attached hydrogen (secondary N) is 1. The molecule has 0 aromatic heterocycles. The molecule has 0 amide bonds. The van der Waals surface area contributed by atoms with E-state index in [0.717, 1.165) is 17.8 Å². The van der Waals surface area contributed by atoms with Crippen molar-refractivity contribution in [2.75, 3.05) is 6.54 Å². The molecular weight excluding hydrogens is 230 g/mol. The molecule has 0 saturated heterocycles. The molecule has 0 fully saturated rings. The molecule has 0 saturated carbocycles. The lowest BCUT2D eigenvalue weighted by atomic mass is 9.84. The highest BCUT2D eigenvalue weighted by molar-refractivity contribution is 5.30. The van der Waals surface area contributed by atoms with E-state index in [1.54, 1.807) is 11.1 Å². The Morgan fingerprint density at radius 3 is 2.32 bits per heavy atom. The van der Waals surface area contributed by atoms with Crippen molar-refractivity contribution in [3.8, 4) is 0 Å². The predicted molar refractivity (Wildman–Crippen MR) is 83.4 cm³/mol. The Balaban J connectivity index is 1.88. The minimum atomic E-state index is 0.676. The first-order valence-electron chi connectivity index (χ1n) is 7.88. The highest BCUT2D eigenvalue weighted by atomic mass is 14.9. The molecule has 0 aliphatic heterocycles. The molecular formula is C18H29N. The van der Waals surface area contributed by atoms with Crippen LogP contribution >= 0.6 is 0 Å². The van der Waals surface area contributed by atoms with Gasteiger partial charge in [0.05, 0.1) is 0 Å². The molecule has 106 valence electrons. The van der Waals surface area contributed by atoms with Crippen LogP contribution in [0.4, 0.5) is 0 Å².